The van der Waals surface area contributed by atoms with Crippen molar-refractivity contribution in [3.63, 3.8) is 0 Å². The minimum Gasteiger partial charge on any atom is -0.444 e. The highest BCUT2D eigenvalue weighted by Crippen LogP contribution is 2.39. The van der Waals surface area contributed by atoms with Gasteiger partial charge in [-0.3, -0.25) is 9.69 Å². The maximum atomic E-state index is 12.7. The summed E-state index contributed by atoms with van der Waals surface area (Å²) in [6, 6.07) is -1.35. The van der Waals surface area contributed by atoms with E-state index in [1.807, 2.05) is 0 Å². The number of fused-ring (bicyclic) bond motifs is 1. The maximum absolute atomic E-state index is 12.7. The zero-order chi connectivity index (χ0) is 18.4. The number of ether oxygens (including phenoxy) is 1. The van der Waals surface area contributed by atoms with Crippen LogP contribution in [0.5, 0.6) is 0 Å². The Kier molecular flexibility index (Phi) is 4.29. The van der Waals surface area contributed by atoms with Gasteiger partial charge in [0.25, 0.3) is 5.56 Å². The third-order valence-electron chi connectivity index (χ3n) is 4.25. The summed E-state index contributed by atoms with van der Waals surface area (Å²) < 4.78 is 5.43. The Morgan fingerprint density at radius 1 is 1.44 bits per heavy atom. The van der Waals surface area contributed by atoms with Gasteiger partial charge in [0.1, 0.15) is 16.6 Å². The fourth-order valence-electron chi connectivity index (χ4n) is 3.20. The lowest BCUT2D eigenvalue weighted by Crippen LogP contribution is -2.45. The normalized spacial score (nSPS) is 24.0. The lowest BCUT2D eigenvalue weighted by Gasteiger charge is -2.32. The number of hydrogen-bond acceptors (Lipinski definition) is 6. The number of aliphatic hydroxyl groups is 2. The van der Waals surface area contributed by atoms with Crippen molar-refractivity contribution in [1.82, 2.24) is 19.9 Å². The third-order valence-corrected chi connectivity index (χ3v) is 4.25. The van der Waals surface area contributed by atoms with Gasteiger partial charge in [0, 0.05) is 18.2 Å². The van der Waals surface area contributed by atoms with Gasteiger partial charge in [0.2, 0.25) is 0 Å². The lowest BCUT2D eigenvalue weighted by atomic mass is 10.1. The molecule has 0 saturated carbocycles. The monoisotopic (exact) mass is 350 g/mol. The fraction of sp³-hybridized carbons (Fsp3) is 0.562. The molecule has 0 aliphatic carbocycles. The predicted octanol–water partition coefficient (Wildman–Crippen LogP) is 0.655. The number of carbonyl (C=O) groups excluding carboxylic acids is 1. The average molecular weight is 350 g/mol. The number of rotatable bonds is 2. The largest absolute Gasteiger partial charge is 0.444 e. The molecule has 1 aliphatic rings. The van der Waals surface area contributed by atoms with Crippen molar-refractivity contribution >= 4 is 17.1 Å². The van der Waals surface area contributed by atoms with E-state index in [0.717, 1.165) is 0 Å². The number of nitrogens with zero attached hydrogens (tertiary/aromatic N) is 2. The Hall–Kier alpha value is -2.39. The molecule has 9 heteroatoms. The van der Waals surface area contributed by atoms with Gasteiger partial charge in [0.05, 0.1) is 31.1 Å². The highest BCUT2D eigenvalue weighted by atomic mass is 16.6. The Balaban J connectivity index is 2.04. The number of aromatic amines is 2. The summed E-state index contributed by atoms with van der Waals surface area (Å²) in [5.41, 5.74) is 0.279. The van der Waals surface area contributed by atoms with Crippen LogP contribution in [0.2, 0.25) is 0 Å². The van der Waals surface area contributed by atoms with Crippen molar-refractivity contribution in [2.24, 2.45) is 0 Å². The van der Waals surface area contributed by atoms with Crippen molar-refractivity contribution < 1.29 is 19.7 Å². The van der Waals surface area contributed by atoms with E-state index in [9.17, 15) is 19.8 Å². The Labute approximate surface area is 143 Å². The van der Waals surface area contributed by atoms with Gasteiger partial charge in [-0.2, -0.15) is 0 Å². The second-order valence-corrected chi connectivity index (χ2v) is 7.16. The van der Waals surface area contributed by atoms with Crippen molar-refractivity contribution in [2.75, 3.05) is 6.61 Å². The molecule has 1 fully saturated rings. The van der Waals surface area contributed by atoms with Gasteiger partial charge in [-0.15, -0.1) is 0 Å². The third kappa shape index (κ3) is 3.12. The van der Waals surface area contributed by atoms with E-state index in [0.29, 0.717) is 16.6 Å². The highest BCUT2D eigenvalue weighted by Gasteiger charge is 2.46. The average Bonchev–Trinajstić information content (AvgIpc) is 3.06. The van der Waals surface area contributed by atoms with Crippen LogP contribution in [0.4, 0.5) is 4.79 Å². The zero-order valence-corrected chi connectivity index (χ0v) is 14.3. The van der Waals surface area contributed by atoms with Gasteiger partial charge in [-0.25, -0.2) is 9.78 Å². The van der Waals surface area contributed by atoms with E-state index in [2.05, 4.69) is 15.0 Å². The number of aromatic nitrogens is 3. The van der Waals surface area contributed by atoms with Crippen LogP contribution in [0.25, 0.3) is 11.0 Å². The number of likely N-dealkylation sites (tertiary alicyclic amines) is 1. The number of carbonyl (C=O) groups is 1. The Morgan fingerprint density at radius 2 is 2.16 bits per heavy atom. The van der Waals surface area contributed by atoms with E-state index in [1.165, 1.54) is 11.2 Å². The molecule has 4 N–H and O–H groups in total. The Morgan fingerprint density at radius 3 is 2.80 bits per heavy atom. The molecule has 2 aromatic heterocycles. The van der Waals surface area contributed by atoms with Crippen molar-refractivity contribution in [3.8, 4) is 0 Å². The first-order valence-corrected chi connectivity index (χ1v) is 8.08. The van der Waals surface area contributed by atoms with Gasteiger partial charge in [-0.05, 0) is 20.8 Å². The van der Waals surface area contributed by atoms with E-state index in [1.54, 1.807) is 27.0 Å². The van der Waals surface area contributed by atoms with Crippen LogP contribution in [0.15, 0.2) is 17.3 Å². The smallest absolute Gasteiger partial charge is 0.411 e. The van der Waals surface area contributed by atoms with Crippen molar-refractivity contribution in [2.45, 2.75) is 51.0 Å². The second-order valence-electron chi connectivity index (χ2n) is 7.16. The summed E-state index contributed by atoms with van der Waals surface area (Å²) in [4.78, 5) is 35.4. The van der Waals surface area contributed by atoms with Gasteiger partial charge in [-0.1, -0.05) is 0 Å². The number of H-pyrrole nitrogens is 2. The number of hydrogen-bond donors (Lipinski definition) is 4. The summed E-state index contributed by atoms with van der Waals surface area (Å²) in [6.45, 7) is 4.83. The van der Waals surface area contributed by atoms with E-state index >= 15 is 0 Å². The molecule has 3 atom stereocenters. The molecule has 1 saturated heterocycles. The molecule has 1 amide bonds. The molecule has 1 aliphatic heterocycles. The molecular formula is C16H22N4O5. The van der Waals surface area contributed by atoms with Gasteiger partial charge < -0.3 is 24.9 Å². The molecule has 0 unspecified atom stereocenters. The summed E-state index contributed by atoms with van der Waals surface area (Å²) >= 11 is 0. The van der Waals surface area contributed by atoms with Crippen LogP contribution >= 0.6 is 0 Å². The maximum Gasteiger partial charge on any atom is 0.411 e. The molecule has 3 heterocycles. The molecule has 2 aromatic rings. The molecule has 25 heavy (non-hydrogen) atoms. The first-order valence-electron chi connectivity index (χ1n) is 8.08. The topological polar surface area (TPSA) is 132 Å². The van der Waals surface area contributed by atoms with Crippen LogP contribution in [0, 0.1) is 0 Å². The van der Waals surface area contributed by atoms with Crippen molar-refractivity contribution in [3.05, 3.63) is 28.4 Å². The fourth-order valence-corrected chi connectivity index (χ4v) is 3.20. The standard InChI is InChI=1S/C16H22N4O5/c1-16(2,3)25-15(24)20-9(4-11(22)10(20)6-21)8-5-17-13-12(8)18-7-19-14(13)23/h5,7,9-11,17,21-22H,4,6H2,1-3H3,(H,18,19,23)/t9-,10+,11-/m0/s1. The number of amides is 1. The second kappa shape index (κ2) is 6.16. The van der Waals surface area contributed by atoms with Crippen LogP contribution in [-0.2, 0) is 4.74 Å². The first kappa shape index (κ1) is 17.4. The van der Waals surface area contributed by atoms with Crippen LogP contribution in [0.3, 0.4) is 0 Å². The van der Waals surface area contributed by atoms with Crippen LogP contribution in [-0.4, -0.2) is 60.5 Å². The number of nitrogens with one attached hydrogen (secondary N) is 2. The highest BCUT2D eigenvalue weighted by molar-refractivity contribution is 5.79. The molecule has 3 rings (SSSR count). The molecule has 136 valence electrons. The van der Waals surface area contributed by atoms with Gasteiger partial charge >= 0.3 is 6.09 Å². The minimum atomic E-state index is -0.908. The van der Waals surface area contributed by atoms with E-state index < -0.39 is 36.5 Å². The molecule has 0 aromatic carbocycles. The molecule has 0 radical (unpaired) electrons. The lowest BCUT2D eigenvalue weighted by molar-refractivity contribution is -0.000501. The van der Waals surface area contributed by atoms with E-state index in [4.69, 9.17) is 4.74 Å². The van der Waals surface area contributed by atoms with Gasteiger partial charge in [0.15, 0.2) is 0 Å². The summed E-state index contributed by atoms with van der Waals surface area (Å²) in [6.07, 6.45) is 1.56. The number of aliphatic hydroxyl groups excluding tert-OH is 2. The first-order chi connectivity index (χ1) is 11.7. The Bertz CT molecular complexity index is 837. The molecular weight excluding hydrogens is 328 g/mol. The predicted molar refractivity (Wildman–Crippen MR) is 89.0 cm³/mol. The van der Waals surface area contributed by atoms with E-state index in [-0.39, 0.29) is 12.0 Å². The summed E-state index contributed by atoms with van der Waals surface area (Å²) in [5, 5.41) is 19.9. The molecule has 9 nitrogen and oxygen atoms in total. The summed E-state index contributed by atoms with van der Waals surface area (Å²) in [7, 11) is 0. The van der Waals surface area contributed by atoms with Crippen LogP contribution in [0.1, 0.15) is 38.8 Å². The van der Waals surface area contributed by atoms with Crippen LogP contribution < -0.4 is 5.56 Å². The summed E-state index contributed by atoms with van der Waals surface area (Å²) in [5.74, 6) is 0. The van der Waals surface area contributed by atoms with Crippen molar-refractivity contribution in [1.29, 1.82) is 0 Å². The quantitative estimate of drug-likeness (QED) is 0.629. The molecule has 0 bridgehead atoms. The zero-order valence-electron chi connectivity index (χ0n) is 14.3. The SMILES string of the molecule is CC(C)(C)OC(=O)N1[C@H](CO)[C@@H](O)C[C@H]1c1c[nH]c2c(=O)[nH]cnc12. The minimum absolute atomic E-state index is 0.214. The molecule has 0 spiro atoms.